The molecule has 0 amide bonds. The summed E-state index contributed by atoms with van der Waals surface area (Å²) in [4.78, 5) is 0. The average molecular weight is 592 g/mol. The van der Waals surface area contributed by atoms with Crippen LogP contribution in [0.25, 0.3) is 91.9 Å². The maximum Gasteiger partial charge on any atom is 0.160 e. The van der Waals surface area contributed by atoms with Crippen molar-refractivity contribution in [1.82, 2.24) is 4.57 Å². The summed E-state index contributed by atoms with van der Waals surface area (Å²) in [6, 6.07) is 54.6. The number of para-hydroxylation sites is 1. The number of rotatable bonds is 3. The summed E-state index contributed by atoms with van der Waals surface area (Å²) in [5, 5.41) is 7.31. The van der Waals surface area contributed by atoms with Gasteiger partial charge < -0.3 is 8.98 Å². The first-order valence-corrected chi connectivity index (χ1v) is 16.1. The van der Waals surface area contributed by atoms with Crippen molar-refractivity contribution in [3.05, 3.63) is 152 Å². The minimum Gasteiger partial charge on any atom is -0.454 e. The van der Waals surface area contributed by atoms with Crippen LogP contribution in [0.5, 0.6) is 0 Å². The first-order valence-electron chi connectivity index (χ1n) is 15.3. The average Bonchev–Trinajstić information content (AvgIpc) is 3.78. The van der Waals surface area contributed by atoms with Crippen LogP contribution in [0.3, 0.4) is 0 Å². The molecule has 0 spiro atoms. The fraction of sp³-hybridized carbons (Fsp3) is 0. The lowest BCUT2D eigenvalue weighted by Gasteiger charge is -2.10. The normalized spacial score (nSPS) is 12.0. The van der Waals surface area contributed by atoms with Crippen molar-refractivity contribution in [2.75, 3.05) is 0 Å². The molecule has 3 heterocycles. The molecule has 0 N–H and O–H groups in total. The van der Waals surface area contributed by atoms with E-state index in [2.05, 4.69) is 156 Å². The minimum absolute atomic E-state index is 0.902. The molecule has 0 atom stereocenters. The maximum absolute atomic E-state index is 6.78. The molecule has 10 rings (SSSR count). The van der Waals surface area contributed by atoms with E-state index >= 15 is 0 Å². The number of fused-ring (bicyclic) bond motifs is 10. The third-order valence-electron chi connectivity index (χ3n) is 9.20. The van der Waals surface area contributed by atoms with E-state index in [1.165, 1.54) is 58.7 Å². The molecule has 10 aromatic rings. The molecule has 0 aliphatic carbocycles. The zero-order chi connectivity index (χ0) is 29.5. The van der Waals surface area contributed by atoms with Crippen LogP contribution in [0.2, 0.25) is 0 Å². The summed E-state index contributed by atoms with van der Waals surface area (Å²) < 4.78 is 11.8. The Morgan fingerprint density at radius 1 is 0.467 bits per heavy atom. The van der Waals surface area contributed by atoms with Crippen LogP contribution in [-0.4, -0.2) is 4.57 Å². The van der Waals surface area contributed by atoms with Crippen molar-refractivity contribution >= 4 is 75.3 Å². The molecule has 3 heteroatoms. The molecule has 0 saturated heterocycles. The van der Waals surface area contributed by atoms with Crippen LogP contribution in [0.15, 0.2) is 156 Å². The number of benzene rings is 7. The molecule has 210 valence electrons. The zero-order valence-corrected chi connectivity index (χ0v) is 25.0. The number of hydrogen-bond donors (Lipinski definition) is 0. The van der Waals surface area contributed by atoms with Crippen molar-refractivity contribution < 1.29 is 4.42 Å². The molecule has 2 nitrogen and oxygen atoms in total. The molecular weight excluding hydrogens is 567 g/mol. The Kier molecular flexibility index (Phi) is 5.19. The Bertz CT molecular complexity index is 2760. The van der Waals surface area contributed by atoms with Gasteiger partial charge in [-0.05, 0) is 64.7 Å². The number of thiophene rings is 1. The van der Waals surface area contributed by atoms with E-state index in [0.29, 0.717) is 0 Å². The Hall–Kier alpha value is -5.64. The van der Waals surface area contributed by atoms with Crippen LogP contribution >= 0.6 is 11.3 Å². The van der Waals surface area contributed by atoms with Crippen molar-refractivity contribution in [3.8, 4) is 27.9 Å². The van der Waals surface area contributed by atoms with Gasteiger partial charge in [-0.3, -0.25) is 0 Å². The molecule has 0 aliphatic rings. The van der Waals surface area contributed by atoms with Gasteiger partial charge in [0.05, 0.1) is 11.0 Å². The highest BCUT2D eigenvalue weighted by atomic mass is 32.1. The number of nitrogens with zero attached hydrogens (tertiary/aromatic N) is 1. The topological polar surface area (TPSA) is 18.1 Å². The molecule has 0 unspecified atom stereocenters. The SMILES string of the molecule is c1ccc(-c2cccc(-n3c4ccccc4c4ccc5c6cc(-c7cccc8c7sc7ccccc78)ccc6oc5c43)c2)cc1. The van der Waals surface area contributed by atoms with Gasteiger partial charge in [-0.25, -0.2) is 0 Å². The van der Waals surface area contributed by atoms with E-state index in [4.69, 9.17) is 4.42 Å². The molecule has 0 aliphatic heterocycles. The first kappa shape index (κ1) is 24.8. The van der Waals surface area contributed by atoms with Gasteiger partial charge in [-0.1, -0.05) is 109 Å². The van der Waals surface area contributed by atoms with Gasteiger partial charge >= 0.3 is 0 Å². The summed E-state index contributed by atoms with van der Waals surface area (Å²) >= 11 is 1.87. The number of furan rings is 1. The van der Waals surface area contributed by atoms with E-state index in [0.717, 1.165) is 33.1 Å². The Morgan fingerprint density at radius 3 is 2.16 bits per heavy atom. The van der Waals surface area contributed by atoms with Gasteiger partial charge in [-0.2, -0.15) is 0 Å². The molecule has 0 radical (unpaired) electrons. The van der Waals surface area contributed by atoms with Crippen molar-refractivity contribution in [3.63, 3.8) is 0 Å². The van der Waals surface area contributed by atoms with Gasteiger partial charge in [0.15, 0.2) is 5.58 Å². The van der Waals surface area contributed by atoms with E-state index in [-0.39, 0.29) is 0 Å². The van der Waals surface area contributed by atoms with E-state index in [9.17, 15) is 0 Å². The van der Waals surface area contributed by atoms with E-state index in [1.807, 2.05) is 11.3 Å². The number of aromatic nitrogens is 1. The Morgan fingerprint density at radius 2 is 1.22 bits per heavy atom. The second-order valence-corrected chi connectivity index (χ2v) is 12.8. The van der Waals surface area contributed by atoms with E-state index < -0.39 is 0 Å². The molecule has 3 aromatic heterocycles. The van der Waals surface area contributed by atoms with Gasteiger partial charge in [0.2, 0.25) is 0 Å². The van der Waals surface area contributed by atoms with Crippen molar-refractivity contribution in [2.45, 2.75) is 0 Å². The lowest BCUT2D eigenvalue weighted by Crippen LogP contribution is -1.94. The van der Waals surface area contributed by atoms with Crippen LogP contribution < -0.4 is 0 Å². The molecule has 0 bridgehead atoms. The zero-order valence-electron chi connectivity index (χ0n) is 24.2. The largest absolute Gasteiger partial charge is 0.454 e. The summed E-state index contributed by atoms with van der Waals surface area (Å²) in [5.41, 5.74) is 10.1. The monoisotopic (exact) mass is 591 g/mol. The van der Waals surface area contributed by atoms with Crippen molar-refractivity contribution in [1.29, 1.82) is 0 Å². The van der Waals surface area contributed by atoms with Gasteiger partial charge in [0.25, 0.3) is 0 Å². The molecule has 45 heavy (non-hydrogen) atoms. The van der Waals surface area contributed by atoms with Crippen LogP contribution in [0, 0.1) is 0 Å². The van der Waals surface area contributed by atoms with Crippen LogP contribution in [0.1, 0.15) is 0 Å². The molecule has 0 fully saturated rings. The minimum atomic E-state index is 0.902. The predicted molar refractivity (Wildman–Crippen MR) is 192 cm³/mol. The van der Waals surface area contributed by atoms with E-state index in [1.54, 1.807) is 0 Å². The van der Waals surface area contributed by atoms with Crippen molar-refractivity contribution in [2.24, 2.45) is 0 Å². The fourth-order valence-corrected chi connectivity index (χ4v) is 8.39. The van der Waals surface area contributed by atoms with Crippen LogP contribution in [-0.2, 0) is 0 Å². The van der Waals surface area contributed by atoms with Gasteiger partial charge in [-0.15, -0.1) is 11.3 Å². The lowest BCUT2D eigenvalue weighted by molar-refractivity contribution is 0.671. The third-order valence-corrected chi connectivity index (χ3v) is 10.4. The second kappa shape index (κ2) is 9.43. The molecule has 7 aromatic carbocycles. The molecular formula is C42H25NOS. The number of hydrogen-bond acceptors (Lipinski definition) is 2. The van der Waals surface area contributed by atoms with Gasteiger partial charge in [0.1, 0.15) is 5.58 Å². The standard InChI is InChI=1S/C42H25NOS/c1-2-10-26(11-3-1)27-12-8-13-29(24-27)43-37-18-6-4-14-31(37)33-21-22-34-36-25-28(20-23-38(36)44-41(34)40(33)43)30-16-9-17-35-32-15-5-7-19-39(32)45-42(30)35/h1-25H. The summed E-state index contributed by atoms with van der Waals surface area (Å²) in [6.45, 7) is 0. The first-order chi connectivity index (χ1) is 22.3. The smallest absolute Gasteiger partial charge is 0.160 e. The quantitative estimate of drug-likeness (QED) is 0.200. The Labute approximate surface area is 263 Å². The summed E-state index contributed by atoms with van der Waals surface area (Å²) in [6.07, 6.45) is 0. The second-order valence-electron chi connectivity index (χ2n) is 11.7. The summed E-state index contributed by atoms with van der Waals surface area (Å²) in [7, 11) is 0. The highest BCUT2D eigenvalue weighted by molar-refractivity contribution is 7.26. The fourth-order valence-electron chi connectivity index (χ4n) is 7.15. The highest BCUT2D eigenvalue weighted by Crippen LogP contribution is 2.44. The summed E-state index contributed by atoms with van der Waals surface area (Å²) in [5.74, 6) is 0. The highest BCUT2D eigenvalue weighted by Gasteiger charge is 2.20. The van der Waals surface area contributed by atoms with Crippen LogP contribution in [0.4, 0.5) is 0 Å². The molecule has 0 saturated carbocycles. The third kappa shape index (κ3) is 3.62. The maximum atomic E-state index is 6.78. The predicted octanol–water partition coefficient (Wildman–Crippen LogP) is 12.4. The lowest BCUT2D eigenvalue weighted by atomic mass is 10.0. The van der Waals surface area contributed by atoms with Gasteiger partial charge in [0, 0.05) is 47.4 Å². The Balaban J connectivity index is 1.24.